The fourth-order valence-corrected chi connectivity index (χ4v) is 5.29. The van der Waals surface area contributed by atoms with E-state index >= 15 is 0 Å². The molecule has 0 bridgehead atoms. The van der Waals surface area contributed by atoms with Crippen molar-refractivity contribution in [3.63, 3.8) is 0 Å². The van der Waals surface area contributed by atoms with Gasteiger partial charge in [-0.05, 0) is 57.0 Å². The topological polar surface area (TPSA) is 0 Å². The minimum Gasteiger partial charge on any atom is -0.100 e. The lowest BCUT2D eigenvalue weighted by Gasteiger charge is -2.27. The Labute approximate surface area is 211 Å². The smallest absolute Gasteiger partial charge is 0.100 e. The Morgan fingerprint density at radius 3 is 0.941 bits per heavy atom. The average molecular weight is 479 g/mol. The Kier molecular flexibility index (Phi) is 6.54. The van der Waals surface area contributed by atoms with Crippen molar-refractivity contribution in [3.05, 3.63) is 132 Å². The molecule has 0 saturated heterocycles. The third-order valence-corrected chi connectivity index (χ3v) is 6.69. The van der Waals surface area contributed by atoms with Gasteiger partial charge in [0.15, 0.2) is 0 Å². The Morgan fingerprint density at radius 2 is 0.676 bits per heavy atom. The molecular weight excluding hydrogens is 455 g/mol. The predicted octanol–water partition coefficient (Wildman–Crippen LogP) is 10.1. The van der Waals surface area contributed by atoms with E-state index in [1.165, 1.54) is 5.56 Å². The van der Waals surface area contributed by atoms with Gasteiger partial charge in [0.2, 0.25) is 0 Å². The van der Waals surface area contributed by atoms with Crippen LogP contribution in [0.3, 0.4) is 0 Å². The minimum atomic E-state index is -0.712. The van der Waals surface area contributed by atoms with Crippen LogP contribution in [0.5, 0.6) is 0 Å². The standard InChI is InChI=1S/C32H24Cl2/c1-22-27(23-14-6-2-7-15-23)29(25-18-10-4-11-19-25)31(32(33)34)30(26-20-12-5-13-21-26)28(22)24-16-8-3-9-17-24/h2-21,32H,1H3. The van der Waals surface area contributed by atoms with Gasteiger partial charge in [0.25, 0.3) is 0 Å². The second-order valence-corrected chi connectivity index (χ2v) is 9.40. The normalized spacial score (nSPS) is 11.1. The summed E-state index contributed by atoms with van der Waals surface area (Å²) < 4.78 is 0. The van der Waals surface area contributed by atoms with Gasteiger partial charge in [-0.3, -0.25) is 0 Å². The number of halogens is 2. The molecule has 0 amide bonds. The Morgan fingerprint density at radius 1 is 0.412 bits per heavy atom. The van der Waals surface area contributed by atoms with Crippen LogP contribution in [-0.4, -0.2) is 0 Å². The highest BCUT2D eigenvalue weighted by molar-refractivity contribution is 6.45. The van der Waals surface area contributed by atoms with Crippen LogP contribution >= 0.6 is 23.2 Å². The van der Waals surface area contributed by atoms with Crippen molar-refractivity contribution in [1.29, 1.82) is 0 Å². The van der Waals surface area contributed by atoms with Crippen LogP contribution in [0.2, 0.25) is 0 Å². The fraction of sp³-hybridized carbons (Fsp3) is 0.0625. The summed E-state index contributed by atoms with van der Waals surface area (Å²) >= 11 is 13.7. The molecule has 0 aromatic heterocycles. The monoisotopic (exact) mass is 478 g/mol. The summed E-state index contributed by atoms with van der Waals surface area (Å²) in [7, 11) is 0. The summed E-state index contributed by atoms with van der Waals surface area (Å²) in [5.74, 6) is 0. The molecule has 5 rings (SSSR count). The molecular formula is C32H24Cl2. The minimum absolute atomic E-state index is 0.712. The van der Waals surface area contributed by atoms with Crippen molar-refractivity contribution in [2.75, 3.05) is 0 Å². The quantitative estimate of drug-likeness (QED) is 0.220. The van der Waals surface area contributed by atoms with Gasteiger partial charge in [-0.15, -0.1) is 23.2 Å². The van der Waals surface area contributed by atoms with E-state index in [-0.39, 0.29) is 0 Å². The second-order valence-electron chi connectivity index (χ2n) is 8.30. The maximum Gasteiger partial charge on any atom is 0.134 e. The van der Waals surface area contributed by atoms with Crippen molar-refractivity contribution >= 4 is 23.2 Å². The summed E-state index contributed by atoms with van der Waals surface area (Å²) in [6, 6.07) is 41.9. The fourth-order valence-electron chi connectivity index (χ4n) is 4.85. The molecule has 2 heteroatoms. The van der Waals surface area contributed by atoms with Crippen LogP contribution < -0.4 is 0 Å². The Hall–Kier alpha value is -3.32. The molecule has 0 aliphatic rings. The SMILES string of the molecule is Cc1c(-c2ccccc2)c(-c2ccccc2)c(C(Cl)Cl)c(-c2ccccc2)c1-c1ccccc1. The summed E-state index contributed by atoms with van der Waals surface area (Å²) in [6.45, 7) is 2.21. The molecule has 0 spiro atoms. The lowest BCUT2D eigenvalue weighted by atomic mass is 9.78. The number of hydrogen-bond donors (Lipinski definition) is 0. The predicted molar refractivity (Wildman–Crippen MR) is 147 cm³/mol. The molecule has 0 nitrogen and oxygen atoms in total. The lowest BCUT2D eigenvalue weighted by Crippen LogP contribution is -2.03. The first-order valence-electron chi connectivity index (χ1n) is 11.4. The van der Waals surface area contributed by atoms with E-state index in [4.69, 9.17) is 23.2 Å². The van der Waals surface area contributed by atoms with Gasteiger partial charge in [0.1, 0.15) is 4.84 Å². The summed E-state index contributed by atoms with van der Waals surface area (Å²) in [4.78, 5) is -0.712. The van der Waals surface area contributed by atoms with E-state index < -0.39 is 4.84 Å². The number of rotatable bonds is 5. The van der Waals surface area contributed by atoms with Crippen molar-refractivity contribution in [2.45, 2.75) is 11.8 Å². The molecule has 34 heavy (non-hydrogen) atoms. The van der Waals surface area contributed by atoms with Gasteiger partial charge in [-0.2, -0.15) is 0 Å². The molecule has 0 fully saturated rings. The van der Waals surface area contributed by atoms with E-state index in [2.05, 4.69) is 104 Å². The molecule has 0 unspecified atom stereocenters. The van der Waals surface area contributed by atoms with Crippen molar-refractivity contribution < 1.29 is 0 Å². The van der Waals surface area contributed by atoms with Crippen LogP contribution in [0.1, 0.15) is 16.0 Å². The van der Waals surface area contributed by atoms with Crippen LogP contribution in [0.4, 0.5) is 0 Å². The zero-order valence-electron chi connectivity index (χ0n) is 18.9. The van der Waals surface area contributed by atoms with Gasteiger partial charge in [0.05, 0.1) is 0 Å². The molecule has 0 saturated carbocycles. The highest BCUT2D eigenvalue weighted by Gasteiger charge is 2.28. The van der Waals surface area contributed by atoms with Gasteiger partial charge in [0, 0.05) is 5.56 Å². The van der Waals surface area contributed by atoms with E-state index in [0.29, 0.717) is 0 Å². The van der Waals surface area contributed by atoms with Gasteiger partial charge in [-0.25, -0.2) is 0 Å². The molecule has 0 aliphatic heterocycles. The largest absolute Gasteiger partial charge is 0.134 e. The summed E-state index contributed by atoms with van der Waals surface area (Å²) in [5, 5.41) is 0. The molecule has 0 heterocycles. The molecule has 0 atom stereocenters. The first-order valence-corrected chi connectivity index (χ1v) is 12.2. The van der Waals surface area contributed by atoms with Gasteiger partial charge in [-0.1, -0.05) is 121 Å². The number of hydrogen-bond acceptors (Lipinski definition) is 0. The van der Waals surface area contributed by atoms with E-state index in [0.717, 1.165) is 50.1 Å². The Balaban J connectivity index is 2.03. The second kappa shape index (κ2) is 9.89. The highest BCUT2D eigenvalue weighted by Crippen LogP contribution is 2.52. The Bertz CT molecular complexity index is 1290. The molecule has 0 radical (unpaired) electrons. The zero-order chi connectivity index (χ0) is 23.5. The van der Waals surface area contributed by atoms with E-state index in [1.54, 1.807) is 0 Å². The maximum absolute atomic E-state index is 6.85. The molecule has 0 aliphatic carbocycles. The lowest BCUT2D eigenvalue weighted by molar-refractivity contribution is 1.32. The maximum atomic E-state index is 6.85. The van der Waals surface area contributed by atoms with Crippen LogP contribution in [-0.2, 0) is 0 Å². The zero-order valence-corrected chi connectivity index (χ0v) is 20.4. The van der Waals surface area contributed by atoms with Crippen molar-refractivity contribution in [2.24, 2.45) is 0 Å². The summed E-state index contributed by atoms with van der Waals surface area (Å²) in [5.41, 5.74) is 11.1. The van der Waals surface area contributed by atoms with Crippen LogP contribution in [0.25, 0.3) is 44.5 Å². The first kappa shape index (κ1) is 22.5. The third kappa shape index (κ3) is 4.16. The van der Waals surface area contributed by atoms with Crippen LogP contribution in [0, 0.1) is 6.92 Å². The molecule has 5 aromatic carbocycles. The van der Waals surface area contributed by atoms with Gasteiger partial charge < -0.3 is 0 Å². The van der Waals surface area contributed by atoms with E-state index in [9.17, 15) is 0 Å². The third-order valence-electron chi connectivity index (χ3n) is 6.26. The molecule has 0 N–H and O–H groups in total. The number of benzene rings is 5. The van der Waals surface area contributed by atoms with E-state index in [1.807, 2.05) is 24.3 Å². The molecule has 166 valence electrons. The van der Waals surface area contributed by atoms with Crippen molar-refractivity contribution in [3.8, 4) is 44.5 Å². The molecule has 5 aromatic rings. The van der Waals surface area contributed by atoms with Crippen molar-refractivity contribution in [1.82, 2.24) is 0 Å². The van der Waals surface area contributed by atoms with Gasteiger partial charge >= 0.3 is 0 Å². The first-order chi connectivity index (χ1) is 16.7. The average Bonchev–Trinajstić information content (AvgIpc) is 2.89. The highest BCUT2D eigenvalue weighted by atomic mass is 35.5. The number of alkyl halides is 2. The summed E-state index contributed by atoms with van der Waals surface area (Å²) in [6.07, 6.45) is 0. The van der Waals surface area contributed by atoms with Crippen LogP contribution in [0.15, 0.2) is 121 Å².